The van der Waals surface area contributed by atoms with Gasteiger partial charge in [-0.25, -0.2) is 0 Å². The summed E-state index contributed by atoms with van der Waals surface area (Å²) in [6.07, 6.45) is -10.6. The predicted molar refractivity (Wildman–Crippen MR) is 241 cm³/mol. The van der Waals surface area contributed by atoms with Crippen molar-refractivity contribution in [2.45, 2.75) is 102 Å². The molecule has 0 radical (unpaired) electrons. The molecule has 2 unspecified atom stereocenters. The summed E-state index contributed by atoms with van der Waals surface area (Å²) in [6.45, 7) is 2.34. The molecule has 65 heavy (non-hydrogen) atoms. The molecule has 14 heteroatoms. The van der Waals surface area contributed by atoms with E-state index in [4.69, 9.17) is 39.3 Å². The quantitative estimate of drug-likeness (QED) is 0.0187. The summed E-state index contributed by atoms with van der Waals surface area (Å²) in [5, 5.41) is 15.6. The number of carbonyl (C=O) groups is 2. The van der Waals surface area contributed by atoms with Crippen molar-refractivity contribution in [3.05, 3.63) is 190 Å². The van der Waals surface area contributed by atoms with Crippen molar-refractivity contribution in [1.82, 2.24) is 0 Å². The number of aldehydes is 1. The van der Waals surface area contributed by atoms with Gasteiger partial charge in [0.1, 0.15) is 56.4 Å². The van der Waals surface area contributed by atoms with Crippen molar-refractivity contribution in [3.8, 4) is 0 Å². The Morgan fingerprint density at radius 2 is 1.15 bits per heavy atom. The molecule has 1 N–H and O–H groups in total. The average molecular weight is 889 g/mol. The summed E-state index contributed by atoms with van der Waals surface area (Å²) in [6, 6.07) is 45.9. The molecule has 1 heterocycles. The van der Waals surface area contributed by atoms with E-state index in [9.17, 15) is 20.2 Å². The van der Waals surface area contributed by atoms with Gasteiger partial charge < -0.3 is 47.8 Å². The zero-order chi connectivity index (χ0) is 46.5. The van der Waals surface area contributed by atoms with E-state index < -0.39 is 79.8 Å². The van der Waals surface area contributed by atoms with Crippen molar-refractivity contribution < 1.29 is 54.0 Å². The van der Waals surface area contributed by atoms with E-state index in [-0.39, 0.29) is 39.6 Å². The Kier molecular flexibility index (Phi) is 19.1. The Morgan fingerprint density at radius 3 is 1.60 bits per heavy atom. The van der Waals surface area contributed by atoms with Crippen LogP contribution < -0.4 is 0 Å². The number of benzene rings is 5. The number of hydrogen-bond acceptors (Lipinski definition) is 12. The number of azide groups is 1. The van der Waals surface area contributed by atoms with Crippen LogP contribution in [0, 0.1) is 5.92 Å². The number of hydrogen-bond donors (Lipinski definition) is 1. The van der Waals surface area contributed by atoms with Gasteiger partial charge in [0, 0.05) is 11.8 Å². The Morgan fingerprint density at radius 1 is 0.708 bits per heavy atom. The van der Waals surface area contributed by atoms with E-state index in [0.29, 0.717) is 0 Å². The van der Waals surface area contributed by atoms with E-state index in [0.717, 1.165) is 27.8 Å². The molecule has 0 spiro atoms. The van der Waals surface area contributed by atoms with E-state index >= 15 is 0 Å². The molecule has 10 atom stereocenters. The molecule has 342 valence electrons. The van der Waals surface area contributed by atoms with Crippen LogP contribution in [0.1, 0.15) is 43.0 Å². The number of esters is 1. The minimum Gasteiger partial charge on any atom is -0.459 e. The van der Waals surface area contributed by atoms with Crippen molar-refractivity contribution in [1.29, 1.82) is 0 Å². The third kappa shape index (κ3) is 14.9. The molecule has 0 aromatic heterocycles. The van der Waals surface area contributed by atoms with Gasteiger partial charge in [0.2, 0.25) is 0 Å². The lowest BCUT2D eigenvalue weighted by Gasteiger charge is -2.46. The van der Waals surface area contributed by atoms with Gasteiger partial charge in [0.25, 0.3) is 0 Å². The molecule has 6 rings (SSSR count). The maximum Gasteiger partial charge on any atom is 0.303 e. The van der Waals surface area contributed by atoms with Gasteiger partial charge in [-0.3, -0.25) is 4.79 Å². The van der Waals surface area contributed by atoms with Gasteiger partial charge >= 0.3 is 5.97 Å². The van der Waals surface area contributed by atoms with Crippen LogP contribution in [0.5, 0.6) is 0 Å². The molecule has 1 saturated heterocycles. The summed E-state index contributed by atoms with van der Waals surface area (Å²) < 4.78 is 60.2. The number of aliphatic hydroxyl groups excluding tert-OH is 1. The molecule has 0 saturated carbocycles. The van der Waals surface area contributed by atoms with Crippen LogP contribution in [0.3, 0.4) is 0 Å². The zero-order valence-electron chi connectivity index (χ0n) is 37.5. The Labute approximate surface area is 381 Å². The third-order valence-electron chi connectivity index (χ3n) is 10.8. The van der Waals surface area contributed by atoms with Gasteiger partial charge in [0.15, 0.2) is 6.29 Å². The molecule has 0 bridgehead atoms. The molecular formula is C51H57N3O11. The summed E-state index contributed by atoms with van der Waals surface area (Å²) >= 11 is 0. The molecule has 1 aliphatic rings. The van der Waals surface area contributed by atoms with Crippen LogP contribution >= 0.6 is 0 Å². The van der Waals surface area contributed by atoms with Crippen LogP contribution in [0.15, 0.2) is 157 Å². The van der Waals surface area contributed by atoms with E-state index in [1.165, 1.54) is 13.8 Å². The SMILES string of the molecule is [2H]C(=O)C(C)C(OC(C)=O)[C@H](OCc1ccccc1)[C@H](OCc1ccccc1)[C@@H](CO)O[C@H]1O[C@H](COCc2ccccc2)[C@@H](OCc2ccccc2)[C@H](OCc2ccccc2)[C@H]1N=[N+]=[N-]. The second-order valence-corrected chi connectivity index (χ2v) is 15.6. The molecule has 5 aromatic rings. The third-order valence-corrected chi connectivity index (χ3v) is 10.8. The first kappa shape index (κ1) is 47.2. The fourth-order valence-corrected chi connectivity index (χ4v) is 7.55. The minimum absolute atomic E-state index is 0.0133. The Bertz CT molecular complexity index is 2230. The van der Waals surface area contributed by atoms with Gasteiger partial charge in [-0.05, 0) is 33.3 Å². The Balaban J connectivity index is 1.41. The predicted octanol–water partition coefficient (Wildman–Crippen LogP) is 8.09. The molecule has 5 aromatic carbocycles. The van der Waals surface area contributed by atoms with Crippen molar-refractivity contribution in [3.63, 3.8) is 0 Å². The van der Waals surface area contributed by atoms with Gasteiger partial charge in [-0.2, -0.15) is 0 Å². The average Bonchev–Trinajstić information content (AvgIpc) is 3.34. The molecule has 0 amide bonds. The molecule has 1 fully saturated rings. The van der Waals surface area contributed by atoms with Crippen molar-refractivity contribution >= 4 is 12.2 Å². The zero-order valence-corrected chi connectivity index (χ0v) is 36.5. The lowest BCUT2D eigenvalue weighted by atomic mass is 9.93. The normalized spacial score (nSPS) is 20.8. The number of aliphatic hydroxyl groups is 1. The van der Waals surface area contributed by atoms with Crippen molar-refractivity contribution in [2.75, 3.05) is 13.2 Å². The van der Waals surface area contributed by atoms with E-state index in [1.54, 1.807) is 0 Å². The highest BCUT2D eigenvalue weighted by Crippen LogP contribution is 2.34. The number of carbonyl (C=O) groups excluding carboxylic acids is 2. The highest BCUT2D eigenvalue weighted by Gasteiger charge is 2.50. The monoisotopic (exact) mass is 888 g/mol. The minimum atomic E-state index is -1.43. The summed E-state index contributed by atoms with van der Waals surface area (Å²) in [5.74, 6) is -1.94. The smallest absolute Gasteiger partial charge is 0.303 e. The van der Waals surface area contributed by atoms with Gasteiger partial charge in [-0.1, -0.05) is 164 Å². The van der Waals surface area contributed by atoms with Crippen LogP contribution in [0.2, 0.25) is 0 Å². The Hall–Kier alpha value is -5.77. The van der Waals surface area contributed by atoms with Crippen molar-refractivity contribution in [2.24, 2.45) is 11.0 Å². The van der Waals surface area contributed by atoms with Crippen LogP contribution in [-0.4, -0.2) is 85.6 Å². The molecular weight excluding hydrogens is 831 g/mol. The first-order valence-corrected chi connectivity index (χ1v) is 21.6. The first-order valence-electron chi connectivity index (χ1n) is 22.1. The largest absolute Gasteiger partial charge is 0.459 e. The summed E-state index contributed by atoms with van der Waals surface area (Å²) in [4.78, 5) is 28.8. The fourth-order valence-electron chi connectivity index (χ4n) is 7.55. The summed E-state index contributed by atoms with van der Waals surface area (Å²) in [5.41, 5.74) is 14.3. The maximum absolute atomic E-state index is 12.8. The fraction of sp³-hybridized carbons (Fsp3) is 0.373. The number of nitrogens with zero attached hydrogens (tertiary/aromatic N) is 3. The lowest BCUT2D eigenvalue weighted by molar-refractivity contribution is -0.311. The molecule has 1 aliphatic heterocycles. The van der Waals surface area contributed by atoms with Crippen LogP contribution in [-0.2, 0) is 80.5 Å². The maximum atomic E-state index is 12.8. The molecule has 0 aliphatic carbocycles. The highest BCUT2D eigenvalue weighted by atomic mass is 16.7. The van der Waals surface area contributed by atoms with E-state index in [1.807, 2.05) is 152 Å². The topological polar surface area (TPSA) is 177 Å². The second-order valence-electron chi connectivity index (χ2n) is 15.6. The number of rotatable bonds is 26. The van der Waals surface area contributed by atoms with Gasteiger partial charge in [-0.15, -0.1) is 0 Å². The second kappa shape index (κ2) is 26.3. The lowest BCUT2D eigenvalue weighted by Crippen LogP contribution is -2.62. The van der Waals surface area contributed by atoms with E-state index in [2.05, 4.69) is 10.0 Å². The van der Waals surface area contributed by atoms with Crippen LogP contribution in [0.4, 0.5) is 0 Å². The summed E-state index contributed by atoms with van der Waals surface area (Å²) in [7, 11) is 0. The number of ether oxygens (including phenoxy) is 8. The molecule has 14 nitrogen and oxygen atoms in total. The highest BCUT2D eigenvalue weighted by molar-refractivity contribution is 5.67. The van der Waals surface area contributed by atoms with Gasteiger partial charge in [0.05, 0.1) is 52.2 Å². The first-order chi connectivity index (χ1) is 32.2. The standard InChI is InChI=1S/C51H57N3O11/c1-36(28-55)46(63-37(2)57)50(62-34-42-26-16-7-17-27-42)47(59-31-39-20-10-4-11-21-39)43(29-56)64-51-45(53-54-52)49(61-33-41-24-14-6-15-25-41)48(60-32-40-22-12-5-13-23-40)44(65-51)35-58-30-38-18-8-3-9-19-38/h3-28,36,43-51,56H,29-35H2,1-2H3/t36?,43-,44-,45-,46?,47-,48-,49-,50+,51+/m1/s1/i28D. The van der Waals surface area contributed by atoms with Crippen LogP contribution in [0.25, 0.3) is 10.4 Å².